The summed E-state index contributed by atoms with van der Waals surface area (Å²) in [6.45, 7) is 8.21. The Morgan fingerprint density at radius 1 is 0.610 bits per heavy atom. The van der Waals surface area contributed by atoms with Gasteiger partial charge in [-0.3, -0.25) is 18.9 Å². The molecule has 0 atom stereocenters. The third-order valence-electron chi connectivity index (χ3n) is 11.3. The maximum absolute atomic E-state index is 13.4. The second-order valence-electron chi connectivity index (χ2n) is 16.3. The fourth-order valence-electron chi connectivity index (χ4n) is 7.70. The van der Waals surface area contributed by atoms with E-state index in [2.05, 4.69) is 30.8 Å². The third-order valence-corrected chi connectivity index (χ3v) is 13.9. The van der Waals surface area contributed by atoms with Gasteiger partial charge in [0.05, 0.1) is 51.6 Å². The molecule has 0 bridgehead atoms. The Hall–Kier alpha value is -6.72. The summed E-state index contributed by atoms with van der Waals surface area (Å²) in [6.07, 6.45) is 0.860. The van der Waals surface area contributed by atoms with Crippen molar-refractivity contribution in [3.8, 4) is 23.0 Å². The number of rotatable bonds is 16. The Labute approximate surface area is 483 Å². The van der Waals surface area contributed by atoms with Crippen LogP contribution in [0.5, 0.6) is 23.0 Å². The van der Waals surface area contributed by atoms with Gasteiger partial charge in [0.1, 0.15) is 27.0 Å². The number of azo groups is 2. The van der Waals surface area contributed by atoms with Crippen molar-refractivity contribution in [1.82, 2.24) is 0 Å². The topological polar surface area (TPSA) is 284 Å². The number of carbonyl (C=O) groups excluding carboxylic acids is 1. The van der Waals surface area contributed by atoms with Crippen LogP contribution in [0.1, 0.15) is 54.7 Å². The fourth-order valence-corrected chi connectivity index (χ4v) is 9.79. The maximum Gasteiger partial charge on any atom is 2.00 e. The average Bonchev–Trinajstić information content (AvgIpc) is 3.39. The number of aliphatic imine (C=N–C) groups is 1. The predicted octanol–water partition coefficient (Wildman–Crippen LogP) is 12.3. The molecular formula is C54H46CaCl2N6O12S2. The average molecular weight is 1150 g/mol. The number of benzene rings is 8. The quantitative estimate of drug-likeness (QED) is 0.0231. The van der Waals surface area contributed by atoms with Gasteiger partial charge in [0.2, 0.25) is 0 Å². The van der Waals surface area contributed by atoms with Crippen LogP contribution in [0.3, 0.4) is 0 Å². The van der Waals surface area contributed by atoms with Gasteiger partial charge in [0, 0.05) is 28.6 Å². The zero-order chi connectivity index (χ0) is 54.9. The van der Waals surface area contributed by atoms with Crippen LogP contribution in [0, 0.1) is 0 Å². The normalized spacial score (nSPS) is 11.9. The van der Waals surface area contributed by atoms with Crippen LogP contribution >= 0.6 is 23.2 Å². The Balaban J connectivity index is 0.000000246. The van der Waals surface area contributed by atoms with Crippen molar-refractivity contribution in [2.75, 3.05) is 18.5 Å². The Kier molecular flexibility index (Phi) is 20.2. The number of hydrogen-bond acceptors (Lipinski definition) is 15. The van der Waals surface area contributed by atoms with E-state index in [0.29, 0.717) is 81.6 Å². The third kappa shape index (κ3) is 14.5. The number of aryl methyl sites for hydroxylation is 2. The maximum atomic E-state index is 13.4. The van der Waals surface area contributed by atoms with Crippen LogP contribution < -0.4 is 25.0 Å². The molecule has 4 N–H and O–H groups in total. The molecule has 0 radical (unpaired) electrons. The van der Waals surface area contributed by atoms with E-state index in [1.807, 2.05) is 20.8 Å². The molecule has 392 valence electrons. The van der Waals surface area contributed by atoms with Gasteiger partial charge in [-0.25, -0.2) is 0 Å². The second kappa shape index (κ2) is 26.1. The number of aromatic hydroxyl groups is 1. The number of phenols is 1. The Morgan fingerprint density at radius 2 is 1.09 bits per heavy atom. The van der Waals surface area contributed by atoms with Gasteiger partial charge in [-0.15, -0.1) is 5.11 Å². The summed E-state index contributed by atoms with van der Waals surface area (Å²) in [5.74, 6) is -1.32. The van der Waals surface area contributed by atoms with E-state index in [-0.39, 0.29) is 81.7 Å². The van der Waals surface area contributed by atoms with E-state index >= 15 is 0 Å². The first kappa shape index (κ1) is 59.5. The monoisotopic (exact) mass is 1140 g/mol. The molecule has 0 aliphatic heterocycles. The number of phenolic OH excluding ortho intramolecular Hbond substituents is 1. The van der Waals surface area contributed by atoms with E-state index in [4.69, 9.17) is 32.7 Å². The molecule has 1 amide bonds. The first-order valence-electron chi connectivity index (χ1n) is 23.2. The number of amides is 1. The Morgan fingerprint density at radius 3 is 1.61 bits per heavy atom. The number of hydrogen-bond donors (Lipinski definition) is 4. The van der Waals surface area contributed by atoms with Gasteiger partial charge in [0.25, 0.3) is 26.1 Å². The fraction of sp³-hybridized carbons (Fsp3) is 0.148. The largest absolute Gasteiger partial charge is 2.00 e. The molecule has 0 fully saturated rings. The van der Waals surface area contributed by atoms with Crippen molar-refractivity contribution in [3.63, 3.8) is 0 Å². The minimum Gasteiger partial charge on any atom is -0.871 e. The van der Waals surface area contributed by atoms with Gasteiger partial charge in [-0.2, -0.15) is 32.2 Å². The van der Waals surface area contributed by atoms with Crippen LogP contribution in [0.15, 0.2) is 169 Å². The van der Waals surface area contributed by atoms with Crippen molar-refractivity contribution < 1.29 is 55.5 Å². The van der Waals surface area contributed by atoms with Crippen molar-refractivity contribution in [3.05, 3.63) is 166 Å². The van der Waals surface area contributed by atoms with Crippen molar-refractivity contribution in [2.45, 2.75) is 50.3 Å². The van der Waals surface area contributed by atoms with Crippen molar-refractivity contribution in [2.24, 2.45) is 25.4 Å². The number of carbonyl (C=O) groups is 1. The molecular weight excluding hydrogens is 1100 g/mol. The molecule has 0 aromatic heterocycles. The van der Waals surface area contributed by atoms with E-state index in [9.17, 15) is 46.1 Å². The standard InChI is InChI=1S/2C27H24ClN3O6S.Ca/c2*1-3-16-13-22(28)24(38(34,35)36)15-23(16)30-31-25-20-11-6-5-8-17(20)12-21(26(25)32)27(33)29-18-9-7-10-19(14-18)37-4-2;/h2*5-15,32H,3-4H2,1-2H3,(H,29,33)(H,34,35,36);/q;;+2/p-2. The molecule has 77 heavy (non-hydrogen) atoms. The van der Waals surface area contributed by atoms with Gasteiger partial charge in [-0.05, 0) is 121 Å². The molecule has 8 aromatic rings. The number of nitrogens with one attached hydrogen (secondary N) is 1. The number of nitrogens with zero attached hydrogens (tertiary/aromatic N) is 5. The van der Waals surface area contributed by atoms with E-state index in [0.717, 1.165) is 12.1 Å². The summed E-state index contributed by atoms with van der Waals surface area (Å²) in [5.41, 5.74) is 1.80. The van der Waals surface area contributed by atoms with Crippen LogP contribution in [0.25, 0.3) is 21.5 Å². The molecule has 18 nitrogen and oxygen atoms in total. The molecule has 0 aliphatic rings. The molecule has 0 heterocycles. The summed E-state index contributed by atoms with van der Waals surface area (Å²) < 4.78 is 76.9. The van der Waals surface area contributed by atoms with Gasteiger partial charge in [0.15, 0.2) is 5.75 Å². The van der Waals surface area contributed by atoms with Crippen molar-refractivity contribution >= 4 is 149 Å². The summed E-state index contributed by atoms with van der Waals surface area (Å²) >= 11 is 12.0. The van der Waals surface area contributed by atoms with Gasteiger partial charge >= 0.3 is 37.7 Å². The second-order valence-corrected chi connectivity index (χ2v) is 19.9. The van der Waals surface area contributed by atoms with Gasteiger partial charge < -0.3 is 30.1 Å². The molecule has 0 aliphatic carbocycles. The van der Waals surface area contributed by atoms with E-state index in [1.165, 1.54) is 18.2 Å². The summed E-state index contributed by atoms with van der Waals surface area (Å²) in [6, 6.07) is 35.3. The minimum absolute atomic E-state index is 0. The zero-order valence-corrected chi connectivity index (χ0v) is 46.9. The van der Waals surface area contributed by atoms with E-state index in [1.54, 1.807) is 110 Å². The Bertz CT molecular complexity index is 3860. The number of anilines is 1. The van der Waals surface area contributed by atoms with Crippen LogP contribution in [-0.2, 0) is 33.1 Å². The van der Waals surface area contributed by atoms with Crippen LogP contribution in [0.4, 0.5) is 34.1 Å². The summed E-state index contributed by atoms with van der Waals surface area (Å²) in [4.78, 5) is 16.2. The molecule has 0 saturated heterocycles. The summed E-state index contributed by atoms with van der Waals surface area (Å²) in [5, 5.41) is 58.8. The molecule has 8 aromatic carbocycles. The number of fused-ring (bicyclic) bond motifs is 2. The minimum atomic E-state index is -4.62. The molecule has 8 rings (SSSR count). The number of halogens is 2. The van der Waals surface area contributed by atoms with E-state index < -0.39 is 53.3 Å². The van der Waals surface area contributed by atoms with Gasteiger partial charge in [-0.1, -0.05) is 103 Å². The summed E-state index contributed by atoms with van der Waals surface area (Å²) in [7, 11) is -9.23. The SMILES string of the molecule is CCOc1cccc(N=C([O-])c2cc3ccccc3c(N=Nc3cc(S(=O)(=O)O)c(Cl)cc3CC)c2[O-])c1.CCOc1cccc(NC(=O)c2cc3ccccc3c(N=Nc3cc(S(=O)(=O)O)c(Cl)cc3CC)c2O)c1.[Ca+2]. The first-order chi connectivity index (χ1) is 36.2. The molecule has 0 saturated carbocycles. The smallest absolute Gasteiger partial charge is 0.871 e. The van der Waals surface area contributed by atoms with Crippen LogP contribution in [0.2, 0.25) is 10.0 Å². The molecule has 0 spiro atoms. The molecule has 0 unspecified atom stereocenters. The predicted molar refractivity (Wildman–Crippen MR) is 294 cm³/mol. The van der Waals surface area contributed by atoms with Crippen LogP contribution in [-0.4, -0.2) is 93.8 Å². The first-order valence-corrected chi connectivity index (χ1v) is 26.8. The zero-order valence-electron chi connectivity index (χ0n) is 41.6. The van der Waals surface area contributed by atoms with Crippen molar-refractivity contribution in [1.29, 1.82) is 0 Å². The molecule has 23 heteroatoms. The number of ether oxygens (including phenoxy) is 2.